The first-order chi connectivity index (χ1) is 9.65. The minimum absolute atomic E-state index is 0.165. The topological polar surface area (TPSA) is 61.8 Å². The zero-order valence-electron chi connectivity index (χ0n) is 11.5. The van der Waals surface area contributed by atoms with Gasteiger partial charge in [-0.15, -0.1) is 0 Å². The largest absolute Gasteiger partial charge is 0.493 e. The Bertz CT molecular complexity index is 574. The van der Waals surface area contributed by atoms with Gasteiger partial charge in [0.2, 0.25) is 0 Å². The molecule has 106 valence electrons. The lowest BCUT2D eigenvalue weighted by atomic mass is 9.99. The predicted molar refractivity (Wildman–Crippen MR) is 70.1 cm³/mol. The normalized spacial score (nSPS) is 20.3. The van der Waals surface area contributed by atoms with Gasteiger partial charge < -0.3 is 14.2 Å². The van der Waals surface area contributed by atoms with Crippen LogP contribution in [-0.2, 0) is 9.53 Å². The molecule has 0 unspecified atom stereocenters. The number of ether oxygens (including phenoxy) is 3. The number of cyclic esters (lactones) is 1. The number of Topliss-reactive ketones (excluding diaryl/α,β-unsaturated/α-hetero) is 1. The Labute approximate surface area is 116 Å². The molecule has 20 heavy (non-hydrogen) atoms. The first-order valence-electron chi connectivity index (χ1n) is 6.64. The summed E-state index contributed by atoms with van der Waals surface area (Å²) in [4.78, 5) is 23.9. The van der Waals surface area contributed by atoms with Crippen LogP contribution in [0.3, 0.4) is 0 Å². The van der Waals surface area contributed by atoms with Gasteiger partial charge in [0.1, 0.15) is 17.5 Å². The third-order valence-corrected chi connectivity index (χ3v) is 3.80. The van der Waals surface area contributed by atoms with E-state index >= 15 is 0 Å². The molecule has 5 heteroatoms. The Hall–Kier alpha value is -2.04. The number of carbonyl (C=O) groups excluding carboxylic acids is 2. The van der Waals surface area contributed by atoms with Crippen molar-refractivity contribution in [1.82, 2.24) is 0 Å². The Balaban J connectivity index is 1.94. The maximum absolute atomic E-state index is 12.0. The van der Waals surface area contributed by atoms with Crippen LogP contribution in [0.2, 0.25) is 0 Å². The third-order valence-electron chi connectivity index (χ3n) is 3.80. The Morgan fingerprint density at radius 1 is 1.30 bits per heavy atom. The molecular weight excluding hydrogens is 260 g/mol. The molecule has 0 spiro atoms. The second-order valence-electron chi connectivity index (χ2n) is 5.10. The summed E-state index contributed by atoms with van der Waals surface area (Å²) in [5, 5.41) is 0. The number of esters is 1. The van der Waals surface area contributed by atoms with Gasteiger partial charge in [0.05, 0.1) is 14.2 Å². The molecule has 1 aromatic carbocycles. The number of carbonyl (C=O) groups is 2. The van der Waals surface area contributed by atoms with Crippen molar-refractivity contribution in [3.05, 3.63) is 23.3 Å². The average molecular weight is 276 g/mol. The van der Waals surface area contributed by atoms with E-state index in [2.05, 4.69) is 0 Å². The molecule has 1 saturated carbocycles. The minimum atomic E-state index is -0.495. The van der Waals surface area contributed by atoms with Crippen molar-refractivity contribution in [2.24, 2.45) is 5.92 Å². The van der Waals surface area contributed by atoms with Crippen LogP contribution in [0, 0.1) is 5.92 Å². The zero-order valence-corrected chi connectivity index (χ0v) is 11.5. The lowest BCUT2D eigenvalue weighted by Crippen LogP contribution is -2.08. The molecule has 1 aliphatic carbocycles. The van der Waals surface area contributed by atoms with E-state index in [-0.39, 0.29) is 18.1 Å². The fourth-order valence-electron chi connectivity index (χ4n) is 2.58. The van der Waals surface area contributed by atoms with E-state index < -0.39 is 12.1 Å². The molecule has 0 bridgehead atoms. The molecule has 1 atom stereocenters. The van der Waals surface area contributed by atoms with Crippen LogP contribution < -0.4 is 9.47 Å². The minimum Gasteiger partial charge on any atom is -0.493 e. The summed E-state index contributed by atoms with van der Waals surface area (Å²) >= 11 is 0. The second-order valence-corrected chi connectivity index (χ2v) is 5.10. The van der Waals surface area contributed by atoms with E-state index in [0.717, 1.165) is 12.8 Å². The highest BCUT2D eigenvalue weighted by molar-refractivity contribution is 5.98. The lowest BCUT2D eigenvalue weighted by Gasteiger charge is -2.11. The molecule has 1 fully saturated rings. The van der Waals surface area contributed by atoms with Crippen molar-refractivity contribution in [2.45, 2.75) is 25.4 Å². The number of hydrogen-bond acceptors (Lipinski definition) is 5. The van der Waals surface area contributed by atoms with Crippen LogP contribution in [0.4, 0.5) is 0 Å². The van der Waals surface area contributed by atoms with Crippen LogP contribution in [0.15, 0.2) is 12.1 Å². The number of benzene rings is 1. The summed E-state index contributed by atoms with van der Waals surface area (Å²) in [6.07, 6.45) is 1.67. The van der Waals surface area contributed by atoms with E-state index in [1.165, 1.54) is 14.2 Å². The highest BCUT2D eigenvalue weighted by Gasteiger charge is 2.39. The van der Waals surface area contributed by atoms with Crippen molar-refractivity contribution in [3.8, 4) is 11.5 Å². The molecule has 0 radical (unpaired) electrons. The molecular formula is C15H16O5. The summed E-state index contributed by atoms with van der Waals surface area (Å²) in [5.41, 5.74) is 1.09. The molecule has 2 aliphatic rings. The SMILES string of the molecule is COc1ccc2c(c1OC)C(=O)O[C@H]2CC(=O)C1CC1. The summed E-state index contributed by atoms with van der Waals surface area (Å²) in [6, 6.07) is 3.50. The summed E-state index contributed by atoms with van der Waals surface area (Å²) in [7, 11) is 2.99. The molecule has 0 saturated heterocycles. The van der Waals surface area contributed by atoms with E-state index in [4.69, 9.17) is 14.2 Å². The van der Waals surface area contributed by atoms with Crippen molar-refractivity contribution < 1.29 is 23.8 Å². The summed E-state index contributed by atoms with van der Waals surface area (Å²) < 4.78 is 15.8. The predicted octanol–water partition coefficient (Wildman–Crippen LogP) is 2.28. The number of ketones is 1. The van der Waals surface area contributed by atoms with Crippen molar-refractivity contribution in [1.29, 1.82) is 0 Å². The Kier molecular flexibility index (Phi) is 3.12. The van der Waals surface area contributed by atoms with Crippen LogP contribution in [-0.4, -0.2) is 26.0 Å². The Morgan fingerprint density at radius 3 is 2.65 bits per heavy atom. The van der Waals surface area contributed by atoms with Gasteiger partial charge >= 0.3 is 5.97 Å². The monoisotopic (exact) mass is 276 g/mol. The standard InChI is InChI=1S/C15H16O5/c1-18-11-6-5-9-12(7-10(16)8-3-4-8)20-15(17)13(9)14(11)19-2/h5-6,8,12H,3-4,7H2,1-2H3/t12-/m0/s1. The fraction of sp³-hybridized carbons (Fsp3) is 0.467. The molecule has 0 aromatic heterocycles. The quantitative estimate of drug-likeness (QED) is 0.772. The highest BCUT2D eigenvalue weighted by Crippen LogP contribution is 2.44. The van der Waals surface area contributed by atoms with Gasteiger partial charge in [0, 0.05) is 17.9 Å². The fourth-order valence-corrected chi connectivity index (χ4v) is 2.58. The summed E-state index contributed by atoms with van der Waals surface area (Å²) in [6.45, 7) is 0. The van der Waals surface area contributed by atoms with E-state index in [1.807, 2.05) is 0 Å². The van der Waals surface area contributed by atoms with E-state index in [9.17, 15) is 9.59 Å². The molecule has 3 rings (SSSR count). The third kappa shape index (κ3) is 2.03. The molecule has 0 amide bonds. The van der Waals surface area contributed by atoms with E-state index in [0.29, 0.717) is 22.6 Å². The van der Waals surface area contributed by atoms with Crippen LogP contribution in [0.1, 0.15) is 41.3 Å². The molecule has 1 aliphatic heterocycles. The number of methoxy groups -OCH3 is 2. The molecule has 5 nitrogen and oxygen atoms in total. The average Bonchev–Trinajstić information content (AvgIpc) is 3.25. The molecule has 1 heterocycles. The first kappa shape index (κ1) is 13.0. The van der Waals surface area contributed by atoms with Gasteiger partial charge in [-0.25, -0.2) is 4.79 Å². The van der Waals surface area contributed by atoms with Crippen molar-refractivity contribution in [2.75, 3.05) is 14.2 Å². The van der Waals surface area contributed by atoms with E-state index in [1.54, 1.807) is 12.1 Å². The van der Waals surface area contributed by atoms with Crippen LogP contribution in [0.25, 0.3) is 0 Å². The van der Waals surface area contributed by atoms with Gasteiger partial charge in [0.25, 0.3) is 0 Å². The lowest BCUT2D eigenvalue weighted by molar-refractivity contribution is -0.122. The van der Waals surface area contributed by atoms with Gasteiger partial charge in [0.15, 0.2) is 11.5 Å². The van der Waals surface area contributed by atoms with Crippen LogP contribution in [0.5, 0.6) is 11.5 Å². The smallest absolute Gasteiger partial charge is 0.343 e. The maximum atomic E-state index is 12.0. The van der Waals surface area contributed by atoms with Gasteiger partial charge in [-0.3, -0.25) is 4.79 Å². The van der Waals surface area contributed by atoms with Gasteiger partial charge in [-0.05, 0) is 18.9 Å². The second kappa shape index (κ2) is 4.81. The molecule has 0 N–H and O–H groups in total. The first-order valence-corrected chi connectivity index (χ1v) is 6.64. The number of hydrogen-bond donors (Lipinski definition) is 0. The van der Waals surface area contributed by atoms with Gasteiger partial charge in [-0.2, -0.15) is 0 Å². The summed E-state index contributed by atoms with van der Waals surface area (Å²) in [5.74, 6) is 0.737. The van der Waals surface area contributed by atoms with Crippen molar-refractivity contribution in [3.63, 3.8) is 0 Å². The maximum Gasteiger partial charge on any atom is 0.343 e. The highest BCUT2D eigenvalue weighted by atomic mass is 16.6. The number of fused-ring (bicyclic) bond motifs is 1. The molecule has 1 aromatic rings. The number of rotatable bonds is 5. The van der Waals surface area contributed by atoms with Crippen molar-refractivity contribution >= 4 is 11.8 Å². The van der Waals surface area contributed by atoms with Crippen LogP contribution >= 0.6 is 0 Å². The van der Waals surface area contributed by atoms with Gasteiger partial charge in [-0.1, -0.05) is 6.07 Å². The Morgan fingerprint density at radius 2 is 2.05 bits per heavy atom. The zero-order chi connectivity index (χ0) is 14.3.